The fourth-order valence-corrected chi connectivity index (χ4v) is 4.47. The molecule has 0 radical (unpaired) electrons. The zero-order chi connectivity index (χ0) is 19.8. The van der Waals surface area contributed by atoms with Gasteiger partial charge in [-0.2, -0.15) is 0 Å². The van der Waals surface area contributed by atoms with Crippen molar-refractivity contribution in [3.05, 3.63) is 29.8 Å². The van der Waals surface area contributed by atoms with Crippen LogP contribution in [-0.4, -0.2) is 64.4 Å². The molecular weight excluding hydrogens is 354 g/mol. The van der Waals surface area contributed by atoms with Crippen LogP contribution < -0.4 is 15.4 Å². The average Bonchev–Trinajstić information content (AvgIpc) is 3.16. The number of nitrogens with zero attached hydrogens (tertiary/aromatic N) is 1. The average molecular weight is 390 g/mol. The molecule has 0 spiro atoms. The third kappa shape index (κ3) is 5.25. The molecule has 1 aromatic rings. The first kappa shape index (κ1) is 21.1. The molecule has 3 rings (SSSR count). The van der Waals surface area contributed by atoms with Gasteiger partial charge >= 0.3 is 0 Å². The Hall–Kier alpha value is -1.63. The molecule has 2 aliphatic rings. The lowest BCUT2D eigenvalue weighted by Crippen LogP contribution is -2.47. The molecule has 0 unspecified atom stereocenters. The molecule has 2 atom stereocenters. The SMILES string of the molecule is COCCN(C)CCOc1cccc(CNC(=O)[C@@]23CCCC[C@H]2CNC3)c1. The lowest BCUT2D eigenvalue weighted by molar-refractivity contribution is -0.134. The third-order valence-corrected chi connectivity index (χ3v) is 6.26. The van der Waals surface area contributed by atoms with Crippen molar-refractivity contribution >= 4 is 5.91 Å². The maximum Gasteiger partial charge on any atom is 0.228 e. The van der Waals surface area contributed by atoms with Crippen LogP contribution in [-0.2, 0) is 16.1 Å². The van der Waals surface area contributed by atoms with E-state index in [2.05, 4.69) is 22.6 Å². The van der Waals surface area contributed by atoms with Crippen molar-refractivity contribution in [2.75, 3.05) is 53.6 Å². The normalized spacial score (nSPS) is 24.2. The first-order valence-electron chi connectivity index (χ1n) is 10.5. The highest BCUT2D eigenvalue weighted by Crippen LogP contribution is 2.43. The van der Waals surface area contributed by atoms with Gasteiger partial charge in [-0.25, -0.2) is 0 Å². The number of fused-ring (bicyclic) bond motifs is 1. The van der Waals surface area contributed by atoms with Crippen molar-refractivity contribution in [2.24, 2.45) is 11.3 Å². The molecule has 1 aromatic carbocycles. The van der Waals surface area contributed by atoms with Crippen LogP contribution in [0.4, 0.5) is 0 Å². The highest BCUT2D eigenvalue weighted by molar-refractivity contribution is 5.83. The summed E-state index contributed by atoms with van der Waals surface area (Å²) in [7, 11) is 3.77. The van der Waals surface area contributed by atoms with Crippen molar-refractivity contribution in [2.45, 2.75) is 32.2 Å². The largest absolute Gasteiger partial charge is 0.492 e. The molecule has 1 saturated heterocycles. The lowest BCUT2D eigenvalue weighted by Gasteiger charge is -2.37. The summed E-state index contributed by atoms with van der Waals surface area (Å²) in [5, 5.41) is 6.64. The summed E-state index contributed by atoms with van der Waals surface area (Å²) >= 11 is 0. The Morgan fingerprint density at radius 2 is 2.18 bits per heavy atom. The summed E-state index contributed by atoms with van der Waals surface area (Å²) in [5.74, 6) is 1.56. The summed E-state index contributed by atoms with van der Waals surface area (Å²) < 4.78 is 11.0. The molecule has 1 aliphatic heterocycles. The number of ether oxygens (including phenoxy) is 2. The molecule has 156 valence electrons. The molecule has 0 aromatic heterocycles. The van der Waals surface area contributed by atoms with Crippen LogP contribution in [0.2, 0.25) is 0 Å². The predicted octanol–water partition coefficient (Wildman–Crippen LogP) is 2.04. The van der Waals surface area contributed by atoms with Crippen molar-refractivity contribution in [1.29, 1.82) is 0 Å². The number of hydrogen-bond acceptors (Lipinski definition) is 5. The van der Waals surface area contributed by atoms with Gasteiger partial charge in [0.25, 0.3) is 0 Å². The minimum Gasteiger partial charge on any atom is -0.492 e. The fourth-order valence-electron chi connectivity index (χ4n) is 4.47. The van der Waals surface area contributed by atoms with Crippen molar-refractivity contribution in [3.8, 4) is 5.75 Å². The molecule has 2 fully saturated rings. The van der Waals surface area contributed by atoms with E-state index in [-0.39, 0.29) is 11.3 Å². The minimum absolute atomic E-state index is 0.195. The molecule has 1 amide bonds. The first-order valence-corrected chi connectivity index (χ1v) is 10.5. The number of amides is 1. The number of methoxy groups -OCH3 is 1. The molecule has 6 heteroatoms. The second kappa shape index (κ2) is 10.2. The molecule has 1 heterocycles. The van der Waals surface area contributed by atoms with Crippen molar-refractivity contribution in [1.82, 2.24) is 15.5 Å². The summed E-state index contributed by atoms with van der Waals surface area (Å²) in [4.78, 5) is 15.2. The standard InChI is InChI=1S/C22H35N3O3/c1-25(10-12-27-2)11-13-28-20-8-5-6-18(14-20)15-24-21(26)22-9-4-3-7-19(22)16-23-17-22/h5-6,8,14,19,23H,3-4,7,9-13,15-17H2,1-2H3,(H,24,26)/t19-,22+/m0/s1. The number of carbonyl (C=O) groups excluding carboxylic acids is 1. The van der Waals surface area contributed by atoms with E-state index >= 15 is 0 Å². The highest BCUT2D eigenvalue weighted by Gasteiger charge is 2.49. The maximum atomic E-state index is 13.0. The van der Waals surface area contributed by atoms with E-state index in [1.807, 2.05) is 24.3 Å². The van der Waals surface area contributed by atoms with Gasteiger partial charge < -0.3 is 25.0 Å². The second-order valence-corrected chi connectivity index (χ2v) is 8.20. The first-order chi connectivity index (χ1) is 13.6. The van der Waals surface area contributed by atoms with Gasteiger partial charge in [-0.05, 0) is 50.0 Å². The summed E-state index contributed by atoms with van der Waals surface area (Å²) in [5.41, 5.74) is 0.882. The number of carbonyl (C=O) groups is 1. The predicted molar refractivity (Wildman–Crippen MR) is 110 cm³/mol. The van der Waals surface area contributed by atoms with Crippen LogP contribution >= 0.6 is 0 Å². The van der Waals surface area contributed by atoms with Gasteiger partial charge in [0.1, 0.15) is 12.4 Å². The van der Waals surface area contributed by atoms with E-state index < -0.39 is 0 Å². The highest BCUT2D eigenvalue weighted by atomic mass is 16.5. The Labute approximate surface area is 169 Å². The Morgan fingerprint density at radius 3 is 3.04 bits per heavy atom. The molecule has 1 aliphatic carbocycles. The quantitative estimate of drug-likeness (QED) is 0.641. The van der Waals surface area contributed by atoms with Gasteiger partial charge in [0.05, 0.1) is 12.0 Å². The number of hydrogen-bond donors (Lipinski definition) is 2. The van der Waals surface area contributed by atoms with Gasteiger partial charge in [-0.1, -0.05) is 25.0 Å². The van der Waals surface area contributed by atoms with Crippen LogP contribution in [0, 0.1) is 11.3 Å². The van der Waals surface area contributed by atoms with E-state index in [1.54, 1.807) is 7.11 Å². The zero-order valence-corrected chi connectivity index (χ0v) is 17.3. The Morgan fingerprint density at radius 1 is 1.32 bits per heavy atom. The van der Waals surface area contributed by atoms with Crippen LogP contribution in [0.5, 0.6) is 5.75 Å². The molecule has 1 saturated carbocycles. The molecule has 2 N–H and O–H groups in total. The van der Waals surface area contributed by atoms with Gasteiger partial charge in [0.15, 0.2) is 0 Å². The summed E-state index contributed by atoms with van der Waals surface area (Å²) in [6, 6.07) is 8.03. The molecule has 6 nitrogen and oxygen atoms in total. The van der Waals surface area contributed by atoms with Crippen LogP contribution in [0.3, 0.4) is 0 Å². The van der Waals surface area contributed by atoms with Crippen LogP contribution in [0.1, 0.15) is 31.2 Å². The number of rotatable bonds is 10. The monoisotopic (exact) mass is 389 g/mol. The zero-order valence-electron chi connectivity index (χ0n) is 17.3. The second-order valence-electron chi connectivity index (χ2n) is 8.20. The fraction of sp³-hybridized carbons (Fsp3) is 0.682. The van der Waals surface area contributed by atoms with Crippen LogP contribution in [0.15, 0.2) is 24.3 Å². The van der Waals surface area contributed by atoms with E-state index in [0.717, 1.165) is 56.9 Å². The van der Waals surface area contributed by atoms with E-state index in [4.69, 9.17) is 9.47 Å². The van der Waals surface area contributed by atoms with Crippen molar-refractivity contribution < 1.29 is 14.3 Å². The number of nitrogens with one attached hydrogen (secondary N) is 2. The Balaban J connectivity index is 1.47. The van der Waals surface area contributed by atoms with Gasteiger partial charge in [0, 0.05) is 33.3 Å². The Kier molecular flexibility index (Phi) is 7.71. The van der Waals surface area contributed by atoms with Gasteiger partial charge in [-0.15, -0.1) is 0 Å². The number of likely N-dealkylation sites (N-methyl/N-ethyl adjacent to an activating group) is 1. The molecular formula is C22H35N3O3. The maximum absolute atomic E-state index is 13.0. The summed E-state index contributed by atoms with van der Waals surface area (Å²) in [6.07, 6.45) is 4.59. The lowest BCUT2D eigenvalue weighted by atomic mass is 9.67. The van der Waals surface area contributed by atoms with Gasteiger partial charge in [0.2, 0.25) is 5.91 Å². The Bertz CT molecular complexity index is 639. The smallest absolute Gasteiger partial charge is 0.228 e. The number of benzene rings is 1. The van der Waals surface area contributed by atoms with E-state index in [0.29, 0.717) is 19.1 Å². The van der Waals surface area contributed by atoms with Gasteiger partial charge in [-0.3, -0.25) is 4.79 Å². The molecule has 0 bridgehead atoms. The minimum atomic E-state index is -0.195. The van der Waals surface area contributed by atoms with Crippen LogP contribution in [0.25, 0.3) is 0 Å². The topological polar surface area (TPSA) is 62.8 Å². The van der Waals surface area contributed by atoms with E-state index in [9.17, 15) is 4.79 Å². The van der Waals surface area contributed by atoms with Crippen molar-refractivity contribution in [3.63, 3.8) is 0 Å². The molecule has 28 heavy (non-hydrogen) atoms. The third-order valence-electron chi connectivity index (χ3n) is 6.26. The van der Waals surface area contributed by atoms with E-state index in [1.165, 1.54) is 12.8 Å². The summed E-state index contributed by atoms with van der Waals surface area (Å²) in [6.45, 7) is 5.46.